The van der Waals surface area contributed by atoms with Crippen LogP contribution in [0.5, 0.6) is 0 Å². The molecule has 124 valence electrons. The van der Waals surface area contributed by atoms with Crippen LogP contribution in [0.3, 0.4) is 0 Å². The van der Waals surface area contributed by atoms with E-state index in [2.05, 4.69) is 4.98 Å². The van der Waals surface area contributed by atoms with Gasteiger partial charge in [-0.15, -0.1) is 0 Å². The molecule has 0 saturated carbocycles. The zero-order valence-electron chi connectivity index (χ0n) is 12.6. The lowest BCUT2D eigenvalue weighted by atomic mass is 10.1. The average Bonchev–Trinajstić information content (AvgIpc) is 2.61. The Labute approximate surface area is 143 Å². The number of hydrogen-bond acceptors (Lipinski definition) is 5. The Morgan fingerprint density at radius 3 is 2.71 bits per heavy atom. The fourth-order valence-corrected chi connectivity index (χ4v) is 2.70. The molecule has 24 heavy (non-hydrogen) atoms. The molecule has 3 rings (SSSR count). The highest BCUT2D eigenvalue weighted by Crippen LogP contribution is 2.25. The number of non-ortho nitro benzene ring substituents is 1. The van der Waals surface area contributed by atoms with Crippen molar-refractivity contribution in [2.24, 2.45) is 0 Å². The molecule has 1 saturated heterocycles. The van der Waals surface area contributed by atoms with Gasteiger partial charge in [-0.1, -0.05) is 23.7 Å². The SMILES string of the molecule is O=C(c1cc(Cl)nc(-c2cccc([N+](=O)[O-])c2)c1)N1CCOCC1. The van der Waals surface area contributed by atoms with Crippen molar-refractivity contribution in [2.45, 2.75) is 0 Å². The summed E-state index contributed by atoms with van der Waals surface area (Å²) in [4.78, 5) is 28.9. The summed E-state index contributed by atoms with van der Waals surface area (Å²) in [7, 11) is 0. The second kappa shape index (κ2) is 6.94. The first-order chi connectivity index (χ1) is 11.5. The lowest BCUT2D eigenvalue weighted by molar-refractivity contribution is -0.384. The molecule has 0 N–H and O–H groups in total. The quantitative estimate of drug-likeness (QED) is 0.484. The minimum Gasteiger partial charge on any atom is -0.378 e. The van der Waals surface area contributed by atoms with Crippen LogP contribution >= 0.6 is 11.6 Å². The Morgan fingerprint density at radius 2 is 2.00 bits per heavy atom. The minimum absolute atomic E-state index is 0.0460. The number of amides is 1. The van der Waals surface area contributed by atoms with E-state index in [9.17, 15) is 14.9 Å². The molecule has 0 atom stereocenters. The Bertz CT molecular complexity index is 791. The largest absolute Gasteiger partial charge is 0.378 e. The first-order valence-corrected chi connectivity index (χ1v) is 7.72. The maximum Gasteiger partial charge on any atom is 0.270 e. The van der Waals surface area contributed by atoms with Crippen molar-refractivity contribution >= 4 is 23.2 Å². The lowest BCUT2D eigenvalue weighted by Gasteiger charge is -2.27. The predicted molar refractivity (Wildman–Crippen MR) is 88.1 cm³/mol. The normalized spacial score (nSPS) is 14.5. The van der Waals surface area contributed by atoms with E-state index in [0.29, 0.717) is 43.1 Å². The Balaban J connectivity index is 1.95. The zero-order valence-corrected chi connectivity index (χ0v) is 13.4. The second-order valence-electron chi connectivity index (χ2n) is 5.28. The van der Waals surface area contributed by atoms with Crippen LogP contribution in [-0.2, 0) is 4.74 Å². The topological polar surface area (TPSA) is 85.6 Å². The molecule has 1 fully saturated rings. The molecule has 1 aromatic heterocycles. The molecule has 1 amide bonds. The molecular weight excluding hydrogens is 334 g/mol. The first-order valence-electron chi connectivity index (χ1n) is 7.34. The number of nitro benzene ring substituents is 1. The lowest BCUT2D eigenvalue weighted by Crippen LogP contribution is -2.40. The van der Waals surface area contributed by atoms with E-state index < -0.39 is 4.92 Å². The third-order valence-electron chi connectivity index (χ3n) is 3.69. The van der Waals surface area contributed by atoms with Gasteiger partial charge < -0.3 is 9.64 Å². The van der Waals surface area contributed by atoms with Gasteiger partial charge in [-0.05, 0) is 12.1 Å². The van der Waals surface area contributed by atoms with E-state index in [1.807, 2.05) is 0 Å². The summed E-state index contributed by atoms with van der Waals surface area (Å²) < 4.78 is 5.24. The number of carbonyl (C=O) groups is 1. The van der Waals surface area contributed by atoms with Crippen molar-refractivity contribution < 1.29 is 14.5 Å². The van der Waals surface area contributed by atoms with E-state index in [4.69, 9.17) is 16.3 Å². The summed E-state index contributed by atoms with van der Waals surface area (Å²) in [5, 5.41) is 11.1. The van der Waals surface area contributed by atoms with Crippen molar-refractivity contribution in [3.05, 3.63) is 57.2 Å². The molecule has 2 heterocycles. The highest BCUT2D eigenvalue weighted by Gasteiger charge is 2.20. The minimum atomic E-state index is -0.478. The zero-order chi connectivity index (χ0) is 17.1. The van der Waals surface area contributed by atoms with Gasteiger partial charge in [-0.2, -0.15) is 0 Å². The predicted octanol–water partition coefficient (Wildman–Crippen LogP) is 2.78. The van der Waals surface area contributed by atoms with Gasteiger partial charge in [0.15, 0.2) is 0 Å². The molecule has 1 aliphatic heterocycles. The van der Waals surface area contributed by atoms with Crippen LogP contribution in [-0.4, -0.2) is 47.0 Å². The van der Waals surface area contributed by atoms with Crippen molar-refractivity contribution in [1.29, 1.82) is 0 Å². The summed E-state index contributed by atoms with van der Waals surface area (Å²) >= 11 is 6.04. The monoisotopic (exact) mass is 347 g/mol. The van der Waals surface area contributed by atoms with Gasteiger partial charge in [0.05, 0.1) is 23.8 Å². The van der Waals surface area contributed by atoms with Crippen LogP contribution in [0.15, 0.2) is 36.4 Å². The second-order valence-corrected chi connectivity index (χ2v) is 5.66. The Kier molecular flexibility index (Phi) is 4.73. The molecule has 1 aromatic carbocycles. The molecule has 1 aliphatic rings. The van der Waals surface area contributed by atoms with E-state index >= 15 is 0 Å². The van der Waals surface area contributed by atoms with Gasteiger partial charge >= 0.3 is 0 Å². The van der Waals surface area contributed by atoms with Gasteiger partial charge in [0.1, 0.15) is 5.15 Å². The van der Waals surface area contributed by atoms with Crippen molar-refractivity contribution in [3.63, 3.8) is 0 Å². The summed E-state index contributed by atoms with van der Waals surface area (Å²) in [5.41, 5.74) is 1.30. The number of rotatable bonds is 3. The molecule has 0 aliphatic carbocycles. The summed E-state index contributed by atoms with van der Waals surface area (Å²) in [6.07, 6.45) is 0. The standard InChI is InChI=1S/C16H14ClN3O4/c17-15-10-12(16(21)19-4-6-24-7-5-19)9-14(18-15)11-2-1-3-13(8-11)20(22)23/h1-3,8-10H,4-7H2. The Hall–Kier alpha value is -2.51. The maximum absolute atomic E-state index is 12.6. The summed E-state index contributed by atoms with van der Waals surface area (Å²) in [6, 6.07) is 9.16. The highest BCUT2D eigenvalue weighted by molar-refractivity contribution is 6.30. The molecular formula is C16H14ClN3O4. The highest BCUT2D eigenvalue weighted by atomic mass is 35.5. The van der Waals surface area contributed by atoms with E-state index in [0.717, 1.165) is 0 Å². The fraction of sp³-hybridized carbons (Fsp3) is 0.250. The van der Waals surface area contributed by atoms with Crippen molar-refractivity contribution in [3.8, 4) is 11.3 Å². The number of nitro groups is 1. The molecule has 0 unspecified atom stereocenters. The summed E-state index contributed by atoms with van der Waals surface area (Å²) in [6.45, 7) is 2.04. The van der Waals surface area contributed by atoms with E-state index in [-0.39, 0.29) is 16.7 Å². The smallest absolute Gasteiger partial charge is 0.270 e. The van der Waals surface area contributed by atoms with Crippen LogP contribution in [0.4, 0.5) is 5.69 Å². The molecule has 0 spiro atoms. The van der Waals surface area contributed by atoms with Crippen LogP contribution in [0.25, 0.3) is 11.3 Å². The number of ether oxygens (including phenoxy) is 1. The molecule has 2 aromatic rings. The Morgan fingerprint density at radius 1 is 1.25 bits per heavy atom. The van der Waals surface area contributed by atoms with Crippen LogP contribution in [0.1, 0.15) is 10.4 Å². The average molecular weight is 348 g/mol. The number of benzene rings is 1. The number of aromatic nitrogens is 1. The first kappa shape index (κ1) is 16.4. The molecule has 0 bridgehead atoms. The van der Waals surface area contributed by atoms with E-state index in [1.54, 1.807) is 23.1 Å². The van der Waals surface area contributed by atoms with Crippen molar-refractivity contribution in [1.82, 2.24) is 9.88 Å². The van der Waals surface area contributed by atoms with Gasteiger partial charge in [0.2, 0.25) is 0 Å². The molecule has 8 heteroatoms. The number of pyridine rings is 1. The van der Waals surface area contributed by atoms with Crippen LogP contribution in [0, 0.1) is 10.1 Å². The van der Waals surface area contributed by atoms with Crippen LogP contribution < -0.4 is 0 Å². The van der Waals surface area contributed by atoms with Crippen molar-refractivity contribution in [2.75, 3.05) is 26.3 Å². The number of hydrogen-bond donors (Lipinski definition) is 0. The number of morpholine rings is 1. The maximum atomic E-state index is 12.6. The number of carbonyl (C=O) groups excluding carboxylic acids is 1. The third kappa shape index (κ3) is 3.52. The number of nitrogens with zero attached hydrogens (tertiary/aromatic N) is 3. The van der Waals surface area contributed by atoms with Gasteiger partial charge in [-0.25, -0.2) is 4.98 Å². The van der Waals surface area contributed by atoms with E-state index in [1.165, 1.54) is 18.2 Å². The fourth-order valence-electron chi connectivity index (χ4n) is 2.50. The summed E-state index contributed by atoms with van der Waals surface area (Å²) in [5.74, 6) is -0.158. The van der Waals surface area contributed by atoms with Gasteiger partial charge in [-0.3, -0.25) is 14.9 Å². The van der Waals surface area contributed by atoms with Crippen LogP contribution in [0.2, 0.25) is 5.15 Å². The third-order valence-corrected chi connectivity index (χ3v) is 3.89. The van der Waals surface area contributed by atoms with Gasteiger partial charge in [0.25, 0.3) is 11.6 Å². The number of halogens is 1. The molecule has 7 nitrogen and oxygen atoms in total. The van der Waals surface area contributed by atoms with Gasteiger partial charge in [0, 0.05) is 36.3 Å². The molecule has 0 radical (unpaired) electrons.